The third-order valence-corrected chi connectivity index (χ3v) is 17.8. The maximum atomic E-state index is 5.98. The second-order valence-electron chi connectivity index (χ2n) is 10.2. The molecule has 1 N–H and O–H groups in total. The standard InChI is InChI=1S/C26H61N3O6Si3/c1-8-33-37(34-9-2,35-10-3)24-16-18-27-25-36-26(38(30-5,31-6)32-7)17-14-12-11-13-15-19-29-22-20-28(4)21-23-29/h26-27H,8-25,36H2,1-7H3. The van der Waals surface area contributed by atoms with Crippen molar-refractivity contribution >= 4 is 27.1 Å². The van der Waals surface area contributed by atoms with Gasteiger partial charge in [-0.3, -0.25) is 0 Å². The number of piperazine rings is 1. The zero-order valence-electron chi connectivity index (χ0n) is 25.9. The monoisotopic (exact) mass is 595 g/mol. The highest BCUT2D eigenvalue weighted by Crippen LogP contribution is 2.29. The van der Waals surface area contributed by atoms with E-state index in [-0.39, 0.29) is 0 Å². The molecule has 1 aliphatic rings. The van der Waals surface area contributed by atoms with Crippen molar-refractivity contribution in [3.05, 3.63) is 0 Å². The van der Waals surface area contributed by atoms with Crippen LogP contribution in [0.5, 0.6) is 0 Å². The van der Waals surface area contributed by atoms with Crippen LogP contribution in [-0.2, 0) is 26.6 Å². The molecule has 1 atom stereocenters. The molecule has 0 saturated carbocycles. The molecule has 0 aromatic heterocycles. The molecule has 0 aromatic carbocycles. The SMILES string of the molecule is CCO[Si](CCCNC[SiH2]C(CCCCCCCN1CCN(C)CC1)[Si](OC)(OC)OC)(OCC)OCC. The lowest BCUT2D eigenvalue weighted by molar-refractivity contribution is 0.0708. The van der Waals surface area contributed by atoms with Crippen LogP contribution in [0.25, 0.3) is 0 Å². The molecule has 1 heterocycles. The van der Waals surface area contributed by atoms with E-state index in [9.17, 15) is 0 Å². The summed E-state index contributed by atoms with van der Waals surface area (Å²) in [6, 6.07) is 0.849. The van der Waals surface area contributed by atoms with E-state index >= 15 is 0 Å². The van der Waals surface area contributed by atoms with Crippen molar-refractivity contribution in [3.8, 4) is 0 Å². The van der Waals surface area contributed by atoms with E-state index in [1.807, 2.05) is 20.8 Å². The van der Waals surface area contributed by atoms with Crippen molar-refractivity contribution in [3.63, 3.8) is 0 Å². The molecule has 12 heteroatoms. The van der Waals surface area contributed by atoms with Gasteiger partial charge in [0.15, 0.2) is 0 Å². The Hall–Kier alpha value is 0.291. The van der Waals surface area contributed by atoms with Crippen molar-refractivity contribution in [2.75, 3.05) is 93.6 Å². The second kappa shape index (κ2) is 22.0. The van der Waals surface area contributed by atoms with Gasteiger partial charge in [0.25, 0.3) is 0 Å². The van der Waals surface area contributed by atoms with Crippen molar-refractivity contribution in [1.29, 1.82) is 0 Å². The normalized spacial score (nSPS) is 17.1. The van der Waals surface area contributed by atoms with Gasteiger partial charge < -0.3 is 41.7 Å². The van der Waals surface area contributed by atoms with Gasteiger partial charge in [0.2, 0.25) is 0 Å². The first-order chi connectivity index (χ1) is 18.4. The smallest absolute Gasteiger partial charge is 0.377 e. The maximum Gasteiger partial charge on any atom is 0.500 e. The van der Waals surface area contributed by atoms with Crippen LogP contribution in [0, 0.1) is 0 Å². The van der Waals surface area contributed by atoms with Crippen molar-refractivity contribution in [1.82, 2.24) is 15.1 Å². The van der Waals surface area contributed by atoms with Crippen LogP contribution in [0.15, 0.2) is 0 Å². The van der Waals surface area contributed by atoms with Gasteiger partial charge in [-0.05, 0) is 66.3 Å². The van der Waals surface area contributed by atoms with Gasteiger partial charge in [0.05, 0.1) is 0 Å². The molecule has 0 bridgehead atoms. The molecule has 1 fully saturated rings. The molecular weight excluding hydrogens is 535 g/mol. The highest BCUT2D eigenvalue weighted by Gasteiger charge is 2.46. The Labute approximate surface area is 239 Å². The number of likely N-dealkylation sites (N-methyl/N-ethyl adjacent to an activating group) is 1. The first-order valence-corrected chi connectivity index (χ1v) is 20.7. The molecule has 0 radical (unpaired) electrons. The van der Waals surface area contributed by atoms with Crippen molar-refractivity contribution in [2.45, 2.75) is 76.9 Å². The number of nitrogens with one attached hydrogen (secondary N) is 1. The van der Waals surface area contributed by atoms with E-state index in [2.05, 4.69) is 22.2 Å². The van der Waals surface area contributed by atoms with E-state index in [1.54, 1.807) is 21.3 Å². The van der Waals surface area contributed by atoms with E-state index in [0.717, 1.165) is 31.6 Å². The first kappa shape index (κ1) is 36.3. The number of hydrogen-bond donors (Lipinski definition) is 1. The molecule has 9 nitrogen and oxygen atoms in total. The Bertz CT molecular complexity index is 533. The molecule has 38 heavy (non-hydrogen) atoms. The lowest BCUT2D eigenvalue weighted by atomic mass is 10.1. The Morgan fingerprint density at radius 2 is 1.32 bits per heavy atom. The average molecular weight is 596 g/mol. The summed E-state index contributed by atoms with van der Waals surface area (Å²) in [7, 11) is 1.83. The Kier molecular flexibility index (Phi) is 21.0. The van der Waals surface area contributed by atoms with Gasteiger partial charge in [0.1, 0.15) is 0 Å². The highest BCUT2D eigenvalue weighted by atomic mass is 28.4. The fraction of sp³-hybridized carbons (Fsp3) is 1.00. The summed E-state index contributed by atoms with van der Waals surface area (Å²) in [5.74, 6) is 0. The summed E-state index contributed by atoms with van der Waals surface area (Å²) in [4.78, 5) is 5.05. The third kappa shape index (κ3) is 13.8. The number of unbranched alkanes of at least 4 members (excludes halogenated alkanes) is 4. The topological polar surface area (TPSA) is 73.9 Å². The maximum absolute atomic E-state index is 5.98. The summed E-state index contributed by atoms with van der Waals surface area (Å²) in [6.45, 7) is 15.0. The van der Waals surface area contributed by atoms with E-state index in [0.29, 0.717) is 25.0 Å². The van der Waals surface area contributed by atoms with Crippen LogP contribution in [0.4, 0.5) is 0 Å². The van der Waals surface area contributed by atoms with Gasteiger partial charge in [-0.2, -0.15) is 0 Å². The predicted molar refractivity (Wildman–Crippen MR) is 164 cm³/mol. The van der Waals surface area contributed by atoms with Crippen LogP contribution in [0.2, 0.25) is 11.2 Å². The van der Waals surface area contributed by atoms with E-state index in [1.165, 1.54) is 64.8 Å². The van der Waals surface area contributed by atoms with E-state index < -0.39 is 27.1 Å². The second-order valence-corrected chi connectivity index (χ2v) is 19.1. The minimum absolute atomic E-state index is 0.434. The zero-order valence-corrected chi connectivity index (χ0v) is 29.3. The van der Waals surface area contributed by atoms with Crippen LogP contribution < -0.4 is 5.32 Å². The summed E-state index contributed by atoms with van der Waals surface area (Å²) in [6.07, 6.45) is 9.64. The number of rotatable bonds is 25. The minimum atomic E-state index is -2.62. The first-order valence-electron chi connectivity index (χ1n) is 15.1. The quantitative estimate of drug-likeness (QED) is 0.127. The number of nitrogens with zero attached hydrogens (tertiary/aromatic N) is 2. The summed E-state index contributed by atoms with van der Waals surface area (Å²) < 4.78 is 35.7. The van der Waals surface area contributed by atoms with Crippen LogP contribution in [0.3, 0.4) is 0 Å². The van der Waals surface area contributed by atoms with Crippen molar-refractivity contribution in [2.24, 2.45) is 0 Å². The lowest BCUT2D eigenvalue weighted by Crippen LogP contribution is -2.51. The van der Waals surface area contributed by atoms with Gasteiger partial charge in [0, 0.05) is 88.1 Å². The zero-order chi connectivity index (χ0) is 28.1. The summed E-state index contributed by atoms with van der Waals surface area (Å²) in [5.41, 5.74) is 0. The Morgan fingerprint density at radius 1 is 0.763 bits per heavy atom. The third-order valence-electron chi connectivity index (χ3n) is 7.58. The van der Waals surface area contributed by atoms with Crippen LogP contribution in [0.1, 0.15) is 65.7 Å². The predicted octanol–water partition coefficient (Wildman–Crippen LogP) is 2.93. The Morgan fingerprint density at radius 3 is 1.87 bits per heavy atom. The van der Waals surface area contributed by atoms with Crippen LogP contribution >= 0.6 is 0 Å². The van der Waals surface area contributed by atoms with Gasteiger partial charge >= 0.3 is 17.6 Å². The molecule has 228 valence electrons. The van der Waals surface area contributed by atoms with Crippen LogP contribution in [-0.4, -0.2) is 131 Å². The summed E-state index contributed by atoms with van der Waals surface area (Å²) in [5, 5.41) is 4.11. The molecule has 1 rings (SSSR count). The molecular formula is C26H61N3O6Si3. The number of hydrogen-bond acceptors (Lipinski definition) is 9. The fourth-order valence-electron chi connectivity index (χ4n) is 5.41. The lowest BCUT2D eigenvalue weighted by Gasteiger charge is -2.32. The highest BCUT2D eigenvalue weighted by molar-refractivity contribution is 6.73. The minimum Gasteiger partial charge on any atom is -0.377 e. The molecule has 1 aliphatic heterocycles. The molecule has 1 saturated heterocycles. The van der Waals surface area contributed by atoms with Gasteiger partial charge in [-0.25, -0.2) is 0 Å². The molecule has 0 spiro atoms. The average Bonchev–Trinajstić information content (AvgIpc) is 2.92. The van der Waals surface area contributed by atoms with Crippen molar-refractivity contribution < 1.29 is 26.6 Å². The summed E-state index contributed by atoms with van der Waals surface area (Å²) >= 11 is 0. The van der Waals surface area contributed by atoms with Gasteiger partial charge in [-0.1, -0.05) is 25.7 Å². The molecule has 0 aromatic rings. The molecule has 0 amide bonds. The fourth-order valence-corrected chi connectivity index (χ4v) is 14.8. The Balaban J connectivity index is 2.38. The largest absolute Gasteiger partial charge is 0.500 e. The molecule has 1 unspecified atom stereocenters. The molecule has 0 aliphatic carbocycles. The van der Waals surface area contributed by atoms with E-state index in [4.69, 9.17) is 26.6 Å². The van der Waals surface area contributed by atoms with Gasteiger partial charge in [-0.15, -0.1) is 0 Å².